The highest BCUT2D eigenvalue weighted by Gasteiger charge is 2.11. The first-order valence-electron chi connectivity index (χ1n) is 11.3. The fourth-order valence-electron chi connectivity index (χ4n) is 3.23. The molecule has 0 rings (SSSR count). The van der Waals surface area contributed by atoms with Gasteiger partial charge >= 0.3 is 0 Å². The van der Waals surface area contributed by atoms with Gasteiger partial charge in [-0.05, 0) is 52.6 Å². The molecule has 0 saturated carbocycles. The van der Waals surface area contributed by atoms with Crippen molar-refractivity contribution in [3.05, 3.63) is 12.2 Å². The first-order chi connectivity index (χ1) is 13.0. The van der Waals surface area contributed by atoms with Crippen molar-refractivity contribution in [3.63, 3.8) is 0 Å². The average molecular weight is 383 g/mol. The molecule has 1 amide bonds. The van der Waals surface area contributed by atoms with Crippen LogP contribution < -0.4 is 5.32 Å². The number of allylic oxidation sites excluding steroid dienone is 1. The van der Waals surface area contributed by atoms with Crippen molar-refractivity contribution in [1.29, 1.82) is 0 Å². The molecular weight excluding hydrogens is 336 g/mol. The molecule has 4 heteroatoms. The molecule has 0 bridgehead atoms. The van der Waals surface area contributed by atoms with Crippen LogP contribution in [-0.2, 0) is 4.79 Å². The standard InChI is InChI=1S/C23H46N2O2/c1-5-7-8-15-18-21(26)19-16-13-11-9-10-12-14-17-20-23(27)24-22(6-2)25(3)4/h13,16,21-22,26H,5-12,14-15,17-20H2,1-4H3,(H,24,27)/b16-13-/t21-,22?/m1/s1. The van der Waals surface area contributed by atoms with E-state index >= 15 is 0 Å². The lowest BCUT2D eigenvalue weighted by atomic mass is 10.1. The van der Waals surface area contributed by atoms with Crippen LogP contribution in [0.15, 0.2) is 12.2 Å². The fourth-order valence-corrected chi connectivity index (χ4v) is 3.23. The van der Waals surface area contributed by atoms with Gasteiger partial charge in [-0.15, -0.1) is 0 Å². The molecule has 0 aliphatic heterocycles. The summed E-state index contributed by atoms with van der Waals surface area (Å²) in [7, 11) is 3.99. The fraction of sp³-hybridized carbons (Fsp3) is 0.870. The summed E-state index contributed by atoms with van der Waals surface area (Å²) in [4.78, 5) is 14.0. The quantitative estimate of drug-likeness (QED) is 0.189. The lowest BCUT2D eigenvalue weighted by Crippen LogP contribution is -2.44. The summed E-state index contributed by atoms with van der Waals surface area (Å²) < 4.78 is 0. The molecule has 27 heavy (non-hydrogen) atoms. The van der Waals surface area contributed by atoms with E-state index in [4.69, 9.17) is 0 Å². The minimum atomic E-state index is -0.163. The Morgan fingerprint density at radius 3 is 2.30 bits per heavy atom. The van der Waals surface area contributed by atoms with Crippen molar-refractivity contribution in [2.75, 3.05) is 14.1 Å². The highest BCUT2D eigenvalue weighted by Crippen LogP contribution is 2.10. The summed E-state index contributed by atoms with van der Waals surface area (Å²) >= 11 is 0. The molecule has 0 fully saturated rings. The molecule has 160 valence electrons. The highest BCUT2D eigenvalue weighted by molar-refractivity contribution is 5.76. The van der Waals surface area contributed by atoms with E-state index < -0.39 is 0 Å². The predicted octanol–water partition coefficient (Wildman–Crippen LogP) is 5.41. The first kappa shape index (κ1) is 26.1. The zero-order valence-corrected chi connectivity index (χ0v) is 18.5. The molecule has 0 aliphatic rings. The lowest BCUT2D eigenvalue weighted by Gasteiger charge is -2.23. The zero-order valence-electron chi connectivity index (χ0n) is 18.5. The summed E-state index contributed by atoms with van der Waals surface area (Å²) in [6.07, 6.45) is 19.4. The normalized spacial score (nSPS) is 14.0. The maximum Gasteiger partial charge on any atom is 0.221 e. The first-order valence-corrected chi connectivity index (χ1v) is 11.3. The van der Waals surface area contributed by atoms with Crippen LogP contribution >= 0.6 is 0 Å². The molecule has 0 aliphatic carbocycles. The average Bonchev–Trinajstić information content (AvgIpc) is 2.64. The van der Waals surface area contributed by atoms with Gasteiger partial charge in [-0.2, -0.15) is 0 Å². The van der Waals surface area contributed by atoms with Crippen molar-refractivity contribution >= 4 is 5.91 Å². The number of nitrogens with zero attached hydrogens (tertiary/aromatic N) is 1. The minimum Gasteiger partial charge on any atom is -0.393 e. The van der Waals surface area contributed by atoms with Crippen LogP contribution in [0.4, 0.5) is 0 Å². The van der Waals surface area contributed by atoms with E-state index in [9.17, 15) is 9.90 Å². The Labute approximate surface area is 168 Å². The van der Waals surface area contributed by atoms with Crippen molar-refractivity contribution in [2.24, 2.45) is 0 Å². The summed E-state index contributed by atoms with van der Waals surface area (Å²) in [6, 6.07) is 0. The number of aliphatic hydroxyl groups is 1. The Bertz CT molecular complexity index is 369. The minimum absolute atomic E-state index is 0.152. The second-order valence-electron chi connectivity index (χ2n) is 7.97. The van der Waals surface area contributed by atoms with Crippen LogP contribution in [0.3, 0.4) is 0 Å². The number of nitrogens with one attached hydrogen (secondary N) is 1. The van der Waals surface area contributed by atoms with E-state index in [1.165, 1.54) is 38.5 Å². The Morgan fingerprint density at radius 1 is 0.963 bits per heavy atom. The number of hydrogen-bond donors (Lipinski definition) is 2. The van der Waals surface area contributed by atoms with Gasteiger partial charge in [0.25, 0.3) is 0 Å². The summed E-state index contributed by atoms with van der Waals surface area (Å²) in [5, 5.41) is 13.0. The molecule has 0 saturated heterocycles. The van der Waals surface area contributed by atoms with Crippen molar-refractivity contribution in [3.8, 4) is 0 Å². The van der Waals surface area contributed by atoms with Gasteiger partial charge in [0.2, 0.25) is 5.91 Å². The maximum absolute atomic E-state index is 11.9. The van der Waals surface area contributed by atoms with Gasteiger partial charge in [-0.3, -0.25) is 9.69 Å². The summed E-state index contributed by atoms with van der Waals surface area (Å²) in [5.74, 6) is 0.173. The summed E-state index contributed by atoms with van der Waals surface area (Å²) in [6.45, 7) is 4.30. The lowest BCUT2D eigenvalue weighted by molar-refractivity contribution is -0.123. The summed E-state index contributed by atoms with van der Waals surface area (Å²) in [5.41, 5.74) is 0. The van der Waals surface area contributed by atoms with Gasteiger partial charge < -0.3 is 10.4 Å². The van der Waals surface area contributed by atoms with Crippen LogP contribution in [0, 0.1) is 0 Å². The van der Waals surface area contributed by atoms with E-state index in [-0.39, 0.29) is 18.2 Å². The third-order valence-electron chi connectivity index (χ3n) is 5.08. The third-order valence-corrected chi connectivity index (χ3v) is 5.08. The molecule has 0 aromatic heterocycles. The Hall–Kier alpha value is -0.870. The van der Waals surface area contributed by atoms with Crippen molar-refractivity contribution < 1.29 is 9.90 Å². The smallest absolute Gasteiger partial charge is 0.221 e. The zero-order chi connectivity index (χ0) is 20.3. The second-order valence-corrected chi connectivity index (χ2v) is 7.97. The molecule has 1 unspecified atom stereocenters. The number of hydrogen-bond acceptors (Lipinski definition) is 3. The molecule has 0 spiro atoms. The van der Waals surface area contributed by atoms with Gasteiger partial charge in [0.15, 0.2) is 0 Å². The van der Waals surface area contributed by atoms with E-state index in [1.54, 1.807) is 0 Å². The maximum atomic E-state index is 11.9. The molecule has 4 nitrogen and oxygen atoms in total. The van der Waals surface area contributed by atoms with E-state index in [2.05, 4.69) is 36.2 Å². The van der Waals surface area contributed by atoms with Gasteiger partial charge in [-0.25, -0.2) is 0 Å². The molecule has 0 aromatic carbocycles. The van der Waals surface area contributed by atoms with Crippen LogP contribution in [0.25, 0.3) is 0 Å². The van der Waals surface area contributed by atoms with E-state index in [0.29, 0.717) is 6.42 Å². The molecule has 2 atom stereocenters. The number of rotatable bonds is 18. The van der Waals surface area contributed by atoms with Crippen LogP contribution in [0.2, 0.25) is 0 Å². The Morgan fingerprint density at radius 2 is 1.63 bits per heavy atom. The van der Waals surface area contributed by atoms with Crippen LogP contribution in [-0.4, -0.2) is 42.3 Å². The van der Waals surface area contributed by atoms with E-state index in [1.807, 2.05) is 14.1 Å². The SMILES string of the molecule is CCCCCC[C@@H](O)C/C=C\CCCCCCCC(=O)NC(CC)N(C)C. The Balaban J connectivity index is 3.47. The number of carbonyl (C=O) groups excluding carboxylic acids is 1. The number of unbranched alkanes of at least 4 members (excludes halogenated alkanes) is 8. The van der Waals surface area contributed by atoms with Gasteiger partial charge in [0.05, 0.1) is 12.3 Å². The van der Waals surface area contributed by atoms with Gasteiger partial charge in [-0.1, -0.05) is 70.9 Å². The van der Waals surface area contributed by atoms with Crippen LogP contribution in [0.1, 0.15) is 104 Å². The highest BCUT2D eigenvalue weighted by atomic mass is 16.3. The molecular formula is C23H46N2O2. The topological polar surface area (TPSA) is 52.6 Å². The number of carbonyl (C=O) groups is 1. The second kappa shape index (κ2) is 18.5. The molecule has 0 heterocycles. The monoisotopic (exact) mass is 382 g/mol. The molecule has 0 aromatic rings. The molecule has 0 radical (unpaired) electrons. The van der Waals surface area contributed by atoms with Gasteiger partial charge in [0.1, 0.15) is 0 Å². The largest absolute Gasteiger partial charge is 0.393 e. The number of aliphatic hydroxyl groups excluding tert-OH is 1. The predicted molar refractivity (Wildman–Crippen MR) is 117 cm³/mol. The third kappa shape index (κ3) is 17.0. The molecule has 2 N–H and O–H groups in total. The van der Waals surface area contributed by atoms with Crippen molar-refractivity contribution in [1.82, 2.24) is 10.2 Å². The number of amides is 1. The van der Waals surface area contributed by atoms with E-state index in [0.717, 1.165) is 44.9 Å². The van der Waals surface area contributed by atoms with Gasteiger partial charge in [0, 0.05) is 6.42 Å². The van der Waals surface area contributed by atoms with Crippen LogP contribution in [0.5, 0.6) is 0 Å². The van der Waals surface area contributed by atoms with Crippen molar-refractivity contribution in [2.45, 2.75) is 116 Å². The Kier molecular flexibility index (Phi) is 17.9.